The number of imidazole rings is 1. The van der Waals surface area contributed by atoms with Crippen LogP contribution < -0.4 is 5.14 Å². The molecule has 1 aliphatic rings. The van der Waals surface area contributed by atoms with Crippen LogP contribution in [0.3, 0.4) is 0 Å². The molecule has 0 saturated carbocycles. The van der Waals surface area contributed by atoms with Gasteiger partial charge in [-0.15, -0.1) is 0 Å². The summed E-state index contributed by atoms with van der Waals surface area (Å²) < 4.78 is 31.9. The molecule has 174 valence electrons. The van der Waals surface area contributed by atoms with E-state index in [0.29, 0.717) is 12.1 Å². The van der Waals surface area contributed by atoms with Gasteiger partial charge in [0.25, 0.3) is 0 Å². The molecule has 4 aromatic rings. The van der Waals surface area contributed by atoms with Gasteiger partial charge in [0.2, 0.25) is 10.0 Å². The molecule has 1 atom stereocenters. The number of likely N-dealkylation sites (tertiary alicyclic amines) is 1. The normalized spacial score (nSPS) is 17.8. The highest BCUT2D eigenvalue weighted by molar-refractivity contribution is 7.89. The maximum absolute atomic E-state index is 11.8. The van der Waals surface area contributed by atoms with Crippen LogP contribution in [-0.2, 0) is 23.1 Å². The Kier molecular flexibility index (Phi) is 5.94. The molecule has 0 spiro atoms. The van der Waals surface area contributed by atoms with Crippen molar-refractivity contribution in [2.24, 2.45) is 5.14 Å². The number of aromatic nitrogens is 3. The number of benzene rings is 2. The van der Waals surface area contributed by atoms with Gasteiger partial charge in [-0.2, -0.15) is 0 Å². The second-order valence-electron chi connectivity index (χ2n) is 8.82. The lowest BCUT2D eigenvalue weighted by Crippen LogP contribution is -2.34. The minimum Gasteiger partial charge on any atom is -0.440 e. The highest BCUT2D eigenvalue weighted by atomic mass is 32.2. The lowest BCUT2D eigenvalue weighted by molar-refractivity contribution is 0.181. The first-order valence-electron chi connectivity index (χ1n) is 11.5. The zero-order valence-electron chi connectivity index (χ0n) is 18.8. The van der Waals surface area contributed by atoms with E-state index in [1.807, 2.05) is 30.3 Å². The van der Waals surface area contributed by atoms with Crippen molar-refractivity contribution in [2.75, 3.05) is 13.1 Å². The molecule has 8 nitrogen and oxygen atoms in total. The fourth-order valence-corrected chi connectivity index (χ4v) is 5.22. The minimum atomic E-state index is -3.77. The number of sulfonamides is 1. The van der Waals surface area contributed by atoms with Gasteiger partial charge in [-0.3, -0.25) is 4.90 Å². The van der Waals surface area contributed by atoms with E-state index in [4.69, 9.17) is 19.5 Å². The first kappa shape index (κ1) is 22.1. The van der Waals surface area contributed by atoms with E-state index in [0.717, 1.165) is 73.6 Å². The zero-order chi connectivity index (χ0) is 23.0. The molecule has 1 unspecified atom stereocenters. The maximum Gasteiger partial charge on any atom is 0.238 e. The third kappa shape index (κ3) is 4.53. The van der Waals surface area contributed by atoms with E-state index >= 15 is 0 Å². The van der Waals surface area contributed by atoms with E-state index in [2.05, 4.69) is 16.4 Å². The van der Waals surface area contributed by atoms with Crippen LogP contribution in [0.1, 0.15) is 50.2 Å². The van der Waals surface area contributed by atoms with Crippen molar-refractivity contribution in [3.63, 3.8) is 0 Å². The van der Waals surface area contributed by atoms with Crippen molar-refractivity contribution in [2.45, 2.75) is 56.5 Å². The Morgan fingerprint density at radius 1 is 1.15 bits per heavy atom. The molecule has 9 heteroatoms. The SMILES string of the molecule is CCCCn1c(CN2CCCC(c3nc4ccccc4o3)C2)nc2cc(S(N)(=O)=O)ccc21. The largest absolute Gasteiger partial charge is 0.440 e. The van der Waals surface area contributed by atoms with Crippen molar-refractivity contribution in [3.05, 3.63) is 54.2 Å². The summed E-state index contributed by atoms with van der Waals surface area (Å²) in [5, 5.41) is 5.34. The smallest absolute Gasteiger partial charge is 0.238 e. The van der Waals surface area contributed by atoms with Crippen LogP contribution >= 0.6 is 0 Å². The summed E-state index contributed by atoms with van der Waals surface area (Å²) in [5.41, 5.74) is 3.34. The van der Waals surface area contributed by atoms with Crippen molar-refractivity contribution in [3.8, 4) is 0 Å². The molecule has 0 radical (unpaired) electrons. The van der Waals surface area contributed by atoms with E-state index in [-0.39, 0.29) is 10.8 Å². The molecule has 2 aromatic heterocycles. The minimum absolute atomic E-state index is 0.0932. The molecular formula is C24H29N5O3S. The Labute approximate surface area is 193 Å². The number of para-hydroxylation sites is 2. The summed E-state index contributed by atoms with van der Waals surface area (Å²) in [4.78, 5) is 12.0. The Bertz CT molecular complexity index is 1360. The first-order valence-corrected chi connectivity index (χ1v) is 13.1. The summed E-state index contributed by atoms with van der Waals surface area (Å²) in [7, 11) is -3.77. The summed E-state index contributed by atoms with van der Waals surface area (Å²) >= 11 is 0. The quantitative estimate of drug-likeness (QED) is 0.440. The molecule has 5 rings (SSSR count). The molecule has 2 aromatic carbocycles. The lowest BCUT2D eigenvalue weighted by atomic mass is 9.98. The summed E-state index contributed by atoms with van der Waals surface area (Å²) in [6.45, 7) is 5.54. The fourth-order valence-electron chi connectivity index (χ4n) is 4.69. The van der Waals surface area contributed by atoms with E-state index in [1.165, 1.54) is 0 Å². The third-order valence-electron chi connectivity index (χ3n) is 6.39. The molecule has 2 N–H and O–H groups in total. The number of nitrogens with zero attached hydrogens (tertiary/aromatic N) is 4. The zero-order valence-corrected chi connectivity index (χ0v) is 19.6. The number of hydrogen-bond donors (Lipinski definition) is 1. The average Bonchev–Trinajstić information content (AvgIpc) is 3.38. The molecule has 0 aliphatic carbocycles. The third-order valence-corrected chi connectivity index (χ3v) is 7.30. The Morgan fingerprint density at radius 2 is 2.00 bits per heavy atom. The summed E-state index contributed by atoms with van der Waals surface area (Å²) in [6.07, 6.45) is 4.21. The Balaban J connectivity index is 1.42. The standard InChI is InChI=1S/C24H29N5O3S/c1-2-3-13-29-21-11-10-18(33(25,30)31)14-20(21)26-23(29)16-28-12-6-7-17(15-28)24-27-19-8-4-5-9-22(19)32-24/h4-5,8-11,14,17H,2-3,6-7,12-13,15-16H2,1H3,(H2,25,30,31). The van der Waals surface area contributed by atoms with Crippen LogP contribution in [0.25, 0.3) is 22.1 Å². The van der Waals surface area contributed by atoms with Crippen LogP contribution in [0, 0.1) is 0 Å². The highest BCUT2D eigenvalue weighted by Crippen LogP contribution is 2.30. The van der Waals surface area contributed by atoms with Gasteiger partial charge in [-0.1, -0.05) is 25.5 Å². The van der Waals surface area contributed by atoms with Gasteiger partial charge in [0.15, 0.2) is 11.5 Å². The van der Waals surface area contributed by atoms with E-state index < -0.39 is 10.0 Å². The number of primary sulfonamides is 1. The molecule has 0 amide bonds. The van der Waals surface area contributed by atoms with Crippen molar-refractivity contribution < 1.29 is 12.8 Å². The molecule has 1 aliphatic heterocycles. The van der Waals surface area contributed by atoms with Gasteiger partial charge >= 0.3 is 0 Å². The van der Waals surface area contributed by atoms with Crippen LogP contribution in [0.2, 0.25) is 0 Å². The van der Waals surface area contributed by atoms with Crippen molar-refractivity contribution in [1.82, 2.24) is 19.4 Å². The number of piperidine rings is 1. The molecule has 0 bridgehead atoms. The van der Waals surface area contributed by atoms with Crippen molar-refractivity contribution >= 4 is 32.2 Å². The lowest BCUT2D eigenvalue weighted by Gasteiger charge is -2.31. The van der Waals surface area contributed by atoms with Gasteiger partial charge in [-0.25, -0.2) is 23.5 Å². The molecule has 33 heavy (non-hydrogen) atoms. The topological polar surface area (TPSA) is 107 Å². The predicted molar refractivity (Wildman–Crippen MR) is 127 cm³/mol. The van der Waals surface area contributed by atoms with Crippen LogP contribution in [0.4, 0.5) is 0 Å². The number of unbranched alkanes of at least 4 members (excludes halogenated alkanes) is 1. The highest BCUT2D eigenvalue weighted by Gasteiger charge is 2.27. The molecule has 1 fully saturated rings. The van der Waals surface area contributed by atoms with Gasteiger partial charge in [0, 0.05) is 19.0 Å². The monoisotopic (exact) mass is 467 g/mol. The summed E-state index contributed by atoms with van der Waals surface area (Å²) in [5.74, 6) is 2.00. The van der Waals surface area contributed by atoms with Crippen LogP contribution in [-0.4, -0.2) is 40.9 Å². The molecule has 1 saturated heterocycles. The number of rotatable bonds is 7. The maximum atomic E-state index is 11.8. The van der Waals surface area contributed by atoms with E-state index in [1.54, 1.807) is 12.1 Å². The second kappa shape index (κ2) is 8.89. The number of nitrogens with two attached hydrogens (primary N) is 1. The van der Waals surface area contributed by atoms with Crippen LogP contribution in [0.5, 0.6) is 0 Å². The summed E-state index contributed by atoms with van der Waals surface area (Å²) in [6, 6.07) is 12.8. The predicted octanol–water partition coefficient (Wildman–Crippen LogP) is 4.00. The van der Waals surface area contributed by atoms with Crippen LogP contribution in [0.15, 0.2) is 51.8 Å². The number of fused-ring (bicyclic) bond motifs is 2. The molecule has 3 heterocycles. The Morgan fingerprint density at radius 3 is 2.79 bits per heavy atom. The number of aryl methyl sites for hydroxylation is 1. The fraction of sp³-hybridized carbons (Fsp3) is 0.417. The first-order chi connectivity index (χ1) is 15.9. The second-order valence-corrected chi connectivity index (χ2v) is 10.4. The Hall–Kier alpha value is -2.75. The van der Waals surface area contributed by atoms with Gasteiger partial charge < -0.3 is 8.98 Å². The average molecular weight is 468 g/mol. The van der Waals surface area contributed by atoms with E-state index in [9.17, 15) is 8.42 Å². The van der Waals surface area contributed by atoms with Crippen molar-refractivity contribution in [1.29, 1.82) is 0 Å². The van der Waals surface area contributed by atoms with Gasteiger partial charge in [0.05, 0.1) is 22.5 Å². The van der Waals surface area contributed by atoms with Gasteiger partial charge in [-0.05, 0) is 56.1 Å². The van der Waals surface area contributed by atoms with Gasteiger partial charge in [0.1, 0.15) is 11.3 Å². The number of hydrogen-bond acceptors (Lipinski definition) is 6. The molecular weight excluding hydrogens is 438 g/mol. The number of oxazole rings is 1.